The van der Waals surface area contributed by atoms with Crippen LogP contribution in [0.4, 0.5) is 10.1 Å². The fourth-order valence-electron chi connectivity index (χ4n) is 1.50. The highest BCUT2D eigenvalue weighted by atomic mass is 32.2. The zero-order valence-electron chi connectivity index (χ0n) is 10.5. The van der Waals surface area contributed by atoms with E-state index in [2.05, 4.69) is 0 Å². The molecule has 1 rings (SSSR count). The predicted molar refractivity (Wildman–Crippen MR) is 67.0 cm³/mol. The van der Waals surface area contributed by atoms with Crippen molar-refractivity contribution in [2.75, 3.05) is 19.3 Å². The van der Waals surface area contributed by atoms with Gasteiger partial charge in [-0.25, -0.2) is 12.8 Å². The Morgan fingerprint density at radius 3 is 2.56 bits per heavy atom. The van der Waals surface area contributed by atoms with Gasteiger partial charge in [-0.05, 0) is 31.5 Å². The van der Waals surface area contributed by atoms with Gasteiger partial charge in [-0.15, -0.1) is 0 Å². The number of halogens is 1. The number of nitrogens with two attached hydrogens (primary N) is 1. The molecule has 0 spiro atoms. The van der Waals surface area contributed by atoms with Crippen molar-refractivity contribution in [3.63, 3.8) is 0 Å². The van der Waals surface area contributed by atoms with Crippen molar-refractivity contribution >= 4 is 15.7 Å². The van der Waals surface area contributed by atoms with Gasteiger partial charge in [0.05, 0.1) is 6.10 Å². The lowest BCUT2D eigenvalue weighted by Crippen LogP contribution is -2.33. The largest absolute Gasteiger partial charge is 0.398 e. The molecule has 0 bridgehead atoms. The van der Waals surface area contributed by atoms with Crippen molar-refractivity contribution in [3.05, 3.63) is 23.5 Å². The lowest BCUT2D eigenvalue weighted by Gasteiger charge is -2.19. The number of aliphatic hydroxyl groups is 1. The third-order valence-electron chi connectivity index (χ3n) is 2.53. The number of sulfonamides is 1. The monoisotopic (exact) mass is 276 g/mol. The average Bonchev–Trinajstić information content (AvgIpc) is 2.22. The molecular weight excluding hydrogens is 259 g/mol. The Morgan fingerprint density at radius 2 is 2.06 bits per heavy atom. The number of nitrogens with zero attached hydrogens (tertiary/aromatic N) is 1. The maximum atomic E-state index is 13.7. The molecule has 1 atom stereocenters. The van der Waals surface area contributed by atoms with Crippen LogP contribution >= 0.6 is 0 Å². The molecule has 0 fully saturated rings. The number of rotatable bonds is 4. The van der Waals surface area contributed by atoms with Crippen LogP contribution in [0.3, 0.4) is 0 Å². The lowest BCUT2D eigenvalue weighted by molar-refractivity contribution is 0.171. The summed E-state index contributed by atoms with van der Waals surface area (Å²) < 4.78 is 38.7. The van der Waals surface area contributed by atoms with E-state index in [1.54, 1.807) is 6.92 Å². The average molecular weight is 276 g/mol. The Morgan fingerprint density at radius 1 is 1.50 bits per heavy atom. The molecule has 5 nitrogen and oxygen atoms in total. The van der Waals surface area contributed by atoms with E-state index in [1.165, 1.54) is 14.0 Å². The first-order valence-electron chi connectivity index (χ1n) is 5.36. The van der Waals surface area contributed by atoms with Gasteiger partial charge in [0.2, 0.25) is 10.0 Å². The number of benzene rings is 1. The molecule has 18 heavy (non-hydrogen) atoms. The van der Waals surface area contributed by atoms with Gasteiger partial charge < -0.3 is 10.8 Å². The molecule has 0 aliphatic heterocycles. The second-order valence-electron chi connectivity index (χ2n) is 4.27. The van der Waals surface area contributed by atoms with Crippen LogP contribution < -0.4 is 5.73 Å². The van der Waals surface area contributed by atoms with Crippen LogP contribution in [-0.4, -0.2) is 37.5 Å². The minimum atomic E-state index is -3.99. The minimum absolute atomic E-state index is 0.116. The fourth-order valence-corrected chi connectivity index (χ4v) is 2.83. The maximum absolute atomic E-state index is 13.7. The Kier molecular flexibility index (Phi) is 4.31. The summed E-state index contributed by atoms with van der Waals surface area (Å²) >= 11 is 0. The Balaban J connectivity index is 3.24. The van der Waals surface area contributed by atoms with E-state index in [0.29, 0.717) is 5.56 Å². The summed E-state index contributed by atoms with van der Waals surface area (Å²) in [4.78, 5) is -0.478. The minimum Gasteiger partial charge on any atom is -0.398 e. The second kappa shape index (κ2) is 5.21. The zero-order chi connectivity index (χ0) is 14.1. The molecule has 1 aromatic carbocycles. The Bertz CT molecular complexity index is 543. The third-order valence-corrected chi connectivity index (χ3v) is 4.37. The number of aryl methyl sites for hydroxylation is 1. The topological polar surface area (TPSA) is 83.6 Å². The third kappa shape index (κ3) is 2.98. The van der Waals surface area contributed by atoms with Crippen LogP contribution in [0.2, 0.25) is 0 Å². The Labute approximate surface area is 106 Å². The molecule has 7 heteroatoms. The summed E-state index contributed by atoms with van der Waals surface area (Å²) in [5, 5.41) is 9.18. The van der Waals surface area contributed by atoms with Gasteiger partial charge in [-0.3, -0.25) is 0 Å². The van der Waals surface area contributed by atoms with Crippen LogP contribution in [0.25, 0.3) is 0 Å². The van der Waals surface area contributed by atoms with Crippen molar-refractivity contribution in [2.45, 2.75) is 24.8 Å². The van der Waals surface area contributed by atoms with E-state index < -0.39 is 26.8 Å². The number of hydrogen-bond acceptors (Lipinski definition) is 4. The number of likely N-dealkylation sites (N-methyl/N-ethyl adjacent to an activating group) is 1. The van der Waals surface area contributed by atoms with E-state index in [9.17, 15) is 17.9 Å². The molecule has 0 heterocycles. The molecule has 0 radical (unpaired) electrons. The highest BCUT2D eigenvalue weighted by Gasteiger charge is 2.26. The summed E-state index contributed by atoms with van der Waals surface area (Å²) in [7, 11) is -2.71. The highest BCUT2D eigenvalue weighted by Crippen LogP contribution is 2.23. The highest BCUT2D eigenvalue weighted by molar-refractivity contribution is 7.89. The maximum Gasteiger partial charge on any atom is 0.245 e. The summed E-state index contributed by atoms with van der Waals surface area (Å²) in [5.74, 6) is -0.848. The van der Waals surface area contributed by atoms with Crippen molar-refractivity contribution in [1.82, 2.24) is 4.31 Å². The van der Waals surface area contributed by atoms with Crippen LogP contribution in [0, 0.1) is 12.7 Å². The molecule has 0 aromatic heterocycles. The molecule has 1 unspecified atom stereocenters. The smallest absolute Gasteiger partial charge is 0.245 e. The molecular formula is C11H17FN2O3S. The standard InChI is InChI=1S/C11H17FN2O3S/c1-7-4-9(12)11(5-10(7)13)18(16,17)14(3)6-8(2)15/h4-5,8,15H,6,13H2,1-3H3. The van der Waals surface area contributed by atoms with Gasteiger partial charge in [0, 0.05) is 19.3 Å². The Hall–Kier alpha value is -1.18. The molecule has 1 aromatic rings. The summed E-state index contributed by atoms with van der Waals surface area (Å²) in [6.07, 6.45) is -0.837. The van der Waals surface area contributed by atoms with Crippen LogP contribution in [0.1, 0.15) is 12.5 Å². The SMILES string of the molecule is Cc1cc(F)c(S(=O)(=O)N(C)CC(C)O)cc1N. The van der Waals surface area contributed by atoms with Crippen molar-refractivity contribution in [2.24, 2.45) is 0 Å². The molecule has 3 N–H and O–H groups in total. The van der Waals surface area contributed by atoms with Crippen LogP contribution in [-0.2, 0) is 10.0 Å². The number of aliphatic hydroxyl groups excluding tert-OH is 1. The van der Waals surface area contributed by atoms with E-state index in [-0.39, 0.29) is 12.2 Å². The molecule has 0 aliphatic carbocycles. The van der Waals surface area contributed by atoms with E-state index in [0.717, 1.165) is 16.4 Å². The van der Waals surface area contributed by atoms with Gasteiger partial charge in [-0.1, -0.05) is 0 Å². The van der Waals surface area contributed by atoms with Gasteiger partial charge in [0.25, 0.3) is 0 Å². The zero-order valence-corrected chi connectivity index (χ0v) is 11.3. The van der Waals surface area contributed by atoms with E-state index in [4.69, 9.17) is 5.73 Å². The predicted octanol–water partition coefficient (Wildman–Crippen LogP) is 0.718. The van der Waals surface area contributed by atoms with Crippen molar-refractivity contribution in [1.29, 1.82) is 0 Å². The lowest BCUT2D eigenvalue weighted by atomic mass is 10.2. The van der Waals surface area contributed by atoms with Crippen molar-refractivity contribution < 1.29 is 17.9 Å². The van der Waals surface area contributed by atoms with Gasteiger partial charge in [-0.2, -0.15) is 4.31 Å². The molecule has 0 aliphatic rings. The normalized spacial score (nSPS) is 13.9. The fraction of sp³-hybridized carbons (Fsp3) is 0.455. The molecule has 0 saturated heterocycles. The number of nitrogen functional groups attached to an aromatic ring is 1. The number of hydrogen-bond donors (Lipinski definition) is 2. The second-order valence-corrected chi connectivity index (χ2v) is 6.29. The quantitative estimate of drug-likeness (QED) is 0.794. The van der Waals surface area contributed by atoms with Crippen molar-refractivity contribution in [3.8, 4) is 0 Å². The first-order valence-corrected chi connectivity index (χ1v) is 6.80. The van der Waals surface area contributed by atoms with Gasteiger partial charge >= 0.3 is 0 Å². The summed E-state index contributed by atoms with van der Waals surface area (Å²) in [5.41, 5.74) is 6.27. The van der Waals surface area contributed by atoms with Crippen LogP contribution in [0.5, 0.6) is 0 Å². The molecule has 0 amide bonds. The van der Waals surface area contributed by atoms with Gasteiger partial charge in [0.1, 0.15) is 10.7 Å². The molecule has 102 valence electrons. The summed E-state index contributed by atoms with van der Waals surface area (Å²) in [6, 6.07) is 2.18. The van der Waals surface area contributed by atoms with E-state index >= 15 is 0 Å². The summed E-state index contributed by atoms with van der Waals surface area (Å²) in [6.45, 7) is 2.93. The number of anilines is 1. The van der Waals surface area contributed by atoms with Gasteiger partial charge in [0.15, 0.2) is 0 Å². The first kappa shape index (κ1) is 14.9. The van der Waals surface area contributed by atoms with Crippen LogP contribution in [0.15, 0.2) is 17.0 Å². The molecule has 0 saturated carbocycles. The first-order chi connectivity index (χ1) is 8.16. The van der Waals surface area contributed by atoms with E-state index in [1.807, 2.05) is 0 Å².